The number of nitrogens with zero attached hydrogens (tertiary/aromatic N) is 2. The fourth-order valence-electron chi connectivity index (χ4n) is 3.55. The highest BCUT2D eigenvalue weighted by Crippen LogP contribution is 2.27. The minimum atomic E-state index is -3.58. The average molecular weight is 549 g/mol. The molecule has 2 amide bonds. The Kier molecular flexibility index (Phi) is 10.5. The minimum absolute atomic E-state index is 0.0230. The van der Waals surface area contributed by atoms with Gasteiger partial charge >= 0.3 is 0 Å². The summed E-state index contributed by atoms with van der Waals surface area (Å²) in [6.45, 7) is 1.94. The average Bonchev–Trinajstić information content (AvgIpc) is 2.78. The van der Waals surface area contributed by atoms with Gasteiger partial charge in [-0.1, -0.05) is 47.8 Å². The summed E-state index contributed by atoms with van der Waals surface area (Å²) in [5.74, 6) is -0.617. The van der Waals surface area contributed by atoms with Crippen molar-refractivity contribution in [3.8, 4) is 0 Å². The highest BCUT2D eigenvalue weighted by atomic mass is 35.5. The number of hydrogen-bond acceptors (Lipinski definition) is 4. The third kappa shape index (κ3) is 7.50. The number of anilines is 1. The second-order valence-electron chi connectivity index (χ2n) is 7.68. The predicted molar refractivity (Wildman–Crippen MR) is 138 cm³/mol. The van der Waals surface area contributed by atoms with Crippen molar-refractivity contribution in [1.82, 2.24) is 10.2 Å². The maximum Gasteiger partial charge on any atom is 0.242 e. The number of carbonyl (C=O) groups excluding carboxylic acids is 2. The van der Waals surface area contributed by atoms with Gasteiger partial charge in [-0.15, -0.1) is 0 Å². The van der Waals surface area contributed by atoms with Gasteiger partial charge in [0.25, 0.3) is 0 Å². The van der Waals surface area contributed by atoms with Gasteiger partial charge < -0.3 is 10.2 Å². The number of hydrogen-bond donors (Lipinski definition) is 1. The van der Waals surface area contributed by atoms with Crippen LogP contribution in [0.2, 0.25) is 15.1 Å². The second kappa shape index (κ2) is 12.6. The van der Waals surface area contributed by atoms with E-state index in [-0.39, 0.29) is 37.7 Å². The summed E-state index contributed by atoms with van der Waals surface area (Å²) in [4.78, 5) is 27.2. The Hall–Kier alpha value is -2.00. The van der Waals surface area contributed by atoms with Gasteiger partial charge in [0.1, 0.15) is 6.04 Å². The fraction of sp³-hybridized carbons (Fsp3) is 0.391. The summed E-state index contributed by atoms with van der Waals surface area (Å²) in [6.07, 6.45) is 1.75. The summed E-state index contributed by atoms with van der Waals surface area (Å²) in [5, 5.41) is 3.86. The molecule has 0 fully saturated rings. The molecule has 0 radical (unpaired) electrons. The summed E-state index contributed by atoms with van der Waals surface area (Å²) >= 11 is 18.5. The molecular formula is C23H28Cl3N3O4S. The first-order chi connectivity index (χ1) is 16.0. The Labute approximate surface area is 216 Å². The summed E-state index contributed by atoms with van der Waals surface area (Å²) in [6, 6.07) is 10.7. The smallest absolute Gasteiger partial charge is 0.242 e. The van der Waals surface area contributed by atoms with Gasteiger partial charge in [-0.2, -0.15) is 0 Å². The zero-order chi connectivity index (χ0) is 25.5. The van der Waals surface area contributed by atoms with E-state index < -0.39 is 16.1 Å². The molecule has 0 aromatic heterocycles. The molecule has 2 rings (SSSR count). The van der Waals surface area contributed by atoms with Crippen LogP contribution in [0.3, 0.4) is 0 Å². The molecule has 0 bridgehead atoms. The molecule has 0 aliphatic rings. The van der Waals surface area contributed by atoms with Crippen molar-refractivity contribution >= 4 is 62.3 Å². The lowest BCUT2D eigenvalue weighted by Crippen LogP contribution is -2.48. The van der Waals surface area contributed by atoms with Crippen LogP contribution in [0.15, 0.2) is 42.5 Å². The maximum absolute atomic E-state index is 13.3. The van der Waals surface area contributed by atoms with Gasteiger partial charge in [-0.25, -0.2) is 8.42 Å². The molecular weight excluding hydrogens is 521 g/mol. The quantitative estimate of drug-likeness (QED) is 0.439. The molecule has 2 aromatic carbocycles. The van der Waals surface area contributed by atoms with E-state index >= 15 is 0 Å². The van der Waals surface area contributed by atoms with E-state index in [1.165, 1.54) is 16.3 Å². The first kappa shape index (κ1) is 28.2. The van der Waals surface area contributed by atoms with Gasteiger partial charge in [-0.05, 0) is 49.2 Å². The maximum atomic E-state index is 13.3. The molecule has 0 aliphatic carbocycles. The van der Waals surface area contributed by atoms with E-state index in [2.05, 4.69) is 5.32 Å². The van der Waals surface area contributed by atoms with Crippen molar-refractivity contribution in [1.29, 1.82) is 0 Å². The zero-order valence-electron chi connectivity index (χ0n) is 19.2. The summed E-state index contributed by atoms with van der Waals surface area (Å²) < 4.78 is 25.9. The molecule has 186 valence electrons. The van der Waals surface area contributed by atoms with Crippen LogP contribution in [-0.2, 0) is 26.2 Å². The number of nitrogens with one attached hydrogen (secondary N) is 1. The topological polar surface area (TPSA) is 86.8 Å². The Bertz CT molecular complexity index is 1090. The van der Waals surface area contributed by atoms with E-state index in [0.29, 0.717) is 32.7 Å². The lowest BCUT2D eigenvalue weighted by atomic mass is 10.1. The zero-order valence-corrected chi connectivity index (χ0v) is 22.3. The Morgan fingerprint density at radius 3 is 2.12 bits per heavy atom. The monoisotopic (exact) mass is 547 g/mol. The van der Waals surface area contributed by atoms with Crippen LogP contribution < -0.4 is 9.62 Å². The Balaban J connectivity index is 2.23. The van der Waals surface area contributed by atoms with E-state index in [9.17, 15) is 18.0 Å². The molecule has 1 atom stereocenters. The highest BCUT2D eigenvalue weighted by molar-refractivity contribution is 7.92. The van der Waals surface area contributed by atoms with Crippen LogP contribution in [0.5, 0.6) is 0 Å². The second-order valence-corrected chi connectivity index (χ2v) is 10.8. The third-order valence-corrected chi connectivity index (χ3v) is 7.44. The molecule has 34 heavy (non-hydrogen) atoms. The van der Waals surface area contributed by atoms with E-state index in [1.807, 2.05) is 0 Å². The molecule has 0 aliphatic heterocycles. The number of sulfonamides is 1. The molecule has 1 unspecified atom stereocenters. The molecule has 1 N–H and O–H groups in total. The minimum Gasteiger partial charge on any atom is -0.357 e. The van der Waals surface area contributed by atoms with Crippen LogP contribution in [-0.4, -0.2) is 51.0 Å². The number of carbonyl (C=O) groups is 2. The van der Waals surface area contributed by atoms with Crippen molar-refractivity contribution in [2.45, 2.75) is 38.8 Å². The number of rotatable bonds is 11. The van der Waals surface area contributed by atoms with Crippen LogP contribution in [0, 0.1) is 0 Å². The molecule has 0 saturated heterocycles. The normalized spacial score (nSPS) is 12.2. The van der Waals surface area contributed by atoms with E-state index in [4.69, 9.17) is 34.8 Å². The molecule has 11 heteroatoms. The van der Waals surface area contributed by atoms with E-state index in [1.54, 1.807) is 49.4 Å². The van der Waals surface area contributed by atoms with Crippen molar-refractivity contribution in [3.63, 3.8) is 0 Å². The van der Waals surface area contributed by atoms with Gasteiger partial charge in [0.2, 0.25) is 21.8 Å². The van der Waals surface area contributed by atoms with Crippen molar-refractivity contribution in [2.24, 2.45) is 0 Å². The van der Waals surface area contributed by atoms with Crippen LogP contribution in [0.1, 0.15) is 31.7 Å². The van der Waals surface area contributed by atoms with Crippen molar-refractivity contribution in [3.05, 3.63) is 63.1 Å². The van der Waals surface area contributed by atoms with Gasteiger partial charge in [0.15, 0.2) is 0 Å². The number of benzene rings is 2. The van der Waals surface area contributed by atoms with Crippen LogP contribution in [0.4, 0.5) is 5.69 Å². The number of likely N-dealkylation sites (N-methyl/N-ethyl adjacent to an activating group) is 1. The number of amides is 2. The molecule has 0 heterocycles. The predicted octanol–water partition coefficient (Wildman–Crippen LogP) is 4.75. The first-order valence-corrected chi connectivity index (χ1v) is 13.6. The summed E-state index contributed by atoms with van der Waals surface area (Å²) in [5.41, 5.74) is 0.997. The van der Waals surface area contributed by atoms with E-state index in [0.717, 1.165) is 6.26 Å². The lowest BCUT2D eigenvalue weighted by Gasteiger charge is -2.31. The third-order valence-electron chi connectivity index (χ3n) is 5.29. The lowest BCUT2D eigenvalue weighted by molar-refractivity contribution is -0.141. The molecule has 2 aromatic rings. The standard InChI is InChI=1S/C23H28Cl3N3O4S/c1-4-21(23(31)27-2)28(15-18-19(25)7-5-8-20(18)26)22(30)9-6-14-29(34(3,32)33)17-12-10-16(24)11-13-17/h5,7-8,10-13,21H,4,6,9,14-15H2,1-3H3,(H,27,31). The van der Waals surface area contributed by atoms with Gasteiger partial charge in [-0.3, -0.25) is 13.9 Å². The highest BCUT2D eigenvalue weighted by Gasteiger charge is 2.29. The SMILES string of the molecule is CCC(C(=O)NC)N(Cc1c(Cl)cccc1Cl)C(=O)CCCN(c1ccc(Cl)cc1)S(C)(=O)=O. The van der Waals surface area contributed by atoms with Crippen molar-refractivity contribution in [2.75, 3.05) is 24.2 Å². The molecule has 0 saturated carbocycles. The van der Waals surface area contributed by atoms with Crippen molar-refractivity contribution < 1.29 is 18.0 Å². The summed E-state index contributed by atoms with van der Waals surface area (Å²) in [7, 11) is -2.07. The Morgan fingerprint density at radius 2 is 1.62 bits per heavy atom. The molecule has 0 spiro atoms. The largest absolute Gasteiger partial charge is 0.357 e. The van der Waals surface area contributed by atoms with Crippen LogP contribution in [0.25, 0.3) is 0 Å². The fourth-order valence-corrected chi connectivity index (χ4v) is 5.16. The van der Waals surface area contributed by atoms with Crippen LogP contribution >= 0.6 is 34.8 Å². The van der Waals surface area contributed by atoms with Gasteiger partial charge in [0.05, 0.1) is 11.9 Å². The van der Waals surface area contributed by atoms with Gasteiger partial charge in [0, 0.05) is 47.2 Å². The first-order valence-electron chi connectivity index (χ1n) is 10.7. The molecule has 7 nitrogen and oxygen atoms in total. The number of halogens is 3. The Morgan fingerprint density at radius 1 is 1.03 bits per heavy atom.